The fourth-order valence-corrected chi connectivity index (χ4v) is 6.46. The van der Waals surface area contributed by atoms with Crippen molar-refractivity contribution in [1.29, 1.82) is 0 Å². The number of Topliss-reactive ketones (excluding diaryl/α,β-unsaturated/α-hetero) is 2. The van der Waals surface area contributed by atoms with Crippen LogP contribution in [0.3, 0.4) is 0 Å². The SMILES string of the molecule is COC(=O)C1=C(Nc2c(C)cccc2C)OC2=C(C(=O)C3OC(Nc4c(C)cccc4C)=C(C(=O)OC)C(C(=O)OC)C3C2=O)C1C(=O)OC. The summed E-state index contributed by atoms with van der Waals surface area (Å²) in [6, 6.07) is 10.8. The maximum absolute atomic E-state index is 14.6. The number of ketones is 2. The summed E-state index contributed by atoms with van der Waals surface area (Å²) < 4.78 is 32.3. The molecule has 2 heterocycles. The zero-order valence-electron chi connectivity index (χ0n) is 28.7. The lowest BCUT2D eigenvalue weighted by atomic mass is 9.68. The normalized spacial score (nSPS) is 21.3. The summed E-state index contributed by atoms with van der Waals surface area (Å²) in [5.41, 5.74) is 2.45. The third kappa shape index (κ3) is 5.86. The molecule has 14 nitrogen and oxygen atoms in total. The number of methoxy groups -OCH3 is 4. The van der Waals surface area contributed by atoms with Gasteiger partial charge in [-0.05, 0) is 49.9 Å². The van der Waals surface area contributed by atoms with Crippen molar-refractivity contribution in [1.82, 2.24) is 0 Å². The number of hydrogen-bond donors (Lipinski definition) is 2. The van der Waals surface area contributed by atoms with E-state index in [1.54, 1.807) is 58.0 Å². The lowest BCUT2D eigenvalue weighted by Gasteiger charge is -2.42. The van der Waals surface area contributed by atoms with Crippen LogP contribution in [-0.4, -0.2) is 70.0 Å². The number of carbonyl (C=O) groups is 6. The predicted molar refractivity (Wildman–Crippen MR) is 175 cm³/mol. The maximum atomic E-state index is 14.6. The third-order valence-electron chi connectivity index (χ3n) is 8.95. The van der Waals surface area contributed by atoms with Gasteiger partial charge < -0.3 is 39.1 Å². The van der Waals surface area contributed by atoms with Crippen molar-refractivity contribution >= 4 is 46.8 Å². The highest BCUT2D eigenvalue weighted by Gasteiger charge is 2.61. The number of rotatable bonds is 8. The van der Waals surface area contributed by atoms with Gasteiger partial charge in [-0.15, -0.1) is 0 Å². The van der Waals surface area contributed by atoms with E-state index in [1.165, 1.54) is 0 Å². The molecule has 0 fully saturated rings. The summed E-state index contributed by atoms with van der Waals surface area (Å²) in [5, 5.41) is 6.00. The van der Waals surface area contributed by atoms with E-state index in [-0.39, 0.29) is 11.8 Å². The Balaban J connectivity index is 1.73. The first kappa shape index (κ1) is 35.4. The number of para-hydroxylation sites is 2. The van der Waals surface area contributed by atoms with Crippen LogP contribution in [0.15, 0.2) is 70.6 Å². The van der Waals surface area contributed by atoms with Crippen LogP contribution in [0, 0.1) is 45.4 Å². The van der Waals surface area contributed by atoms with Crippen LogP contribution in [0.1, 0.15) is 22.3 Å². The van der Waals surface area contributed by atoms with Crippen LogP contribution >= 0.6 is 0 Å². The minimum atomic E-state index is -1.82. The van der Waals surface area contributed by atoms with Crippen LogP contribution in [0.5, 0.6) is 0 Å². The molecule has 4 unspecified atom stereocenters. The fraction of sp³-hybridized carbons (Fsp3) is 0.333. The average Bonchev–Trinajstić information content (AvgIpc) is 3.11. The summed E-state index contributed by atoms with van der Waals surface area (Å²) in [6.45, 7) is 7.14. The largest absolute Gasteiger partial charge is 0.469 e. The summed E-state index contributed by atoms with van der Waals surface area (Å²) in [6.07, 6.45) is -1.80. The molecule has 0 bridgehead atoms. The van der Waals surface area contributed by atoms with Crippen molar-refractivity contribution in [3.8, 4) is 0 Å². The molecule has 0 aromatic heterocycles. The Kier molecular flexibility index (Phi) is 9.84. The molecule has 0 amide bonds. The molecule has 262 valence electrons. The lowest BCUT2D eigenvalue weighted by Crippen LogP contribution is -2.56. The van der Waals surface area contributed by atoms with E-state index < -0.39 is 81.8 Å². The van der Waals surface area contributed by atoms with Gasteiger partial charge in [0.2, 0.25) is 23.3 Å². The molecule has 14 heteroatoms. The Labute approximate surface area is 287 Å². The van der Waals surface area contributed by atoms with E-state index in [0.29, 0.717) is 22.5 Å². The number of benzene rings is 2. The maximum Gasteiger partial charge on any atom is 0.340 e. The van der Waals surface area contributed by atoms with E-state index in [2.05, 4.69) is 10.6 Å². The summed E-state index contributed by atoms with van der Waals surface area (Å²) >= 11 is 0. The van der Waals surface area contributed by atoms with Gasteiger partial charge in [-0.25, -0.2) is 9.59 Å². The second-order valence-electron chi connectivity index (χ2n) is 11.8. The molecule has 4 atom stereocenters. The number of hydrogen-bond acceptors (Lipinski definition) is 14. The van der Waals surface area contributed by atoms with Gasteiger partial charge in [-0.2, -0.15) is 0 Å². The number of carbonyl (C=O) groups excluding carboxylic acids is 6. The topological polar surface area (TPSA) is 182 Å². The first-order valence-corrected chi connectivity index (χ1v) is 15.4. The van der Waals surface area contributed by atoms with Gasteiger partial charge in [0.05, 0.1) is 39.9 Å². The molecule has 2 aromatic rings. The fourth-order valence-electron chi connectivity index (χ4n) is 6.46. The Morgan fingerprint density at radius 3 is 1.60 bits per heavy atom. The molecule has 2 aliphatic heterocycles. The van der Waals surface area contributed by atoms with Gasteiger partial charge in [0.25, 0.3) is 0 Å². The van der Waals surface area contributed by atoms with Gasteiger partial charge in [-0.3, -0.25) is 19.2 Å². The molecule has 0 spiro atoms. The third-order valence-corrected chi connectivity index (χ3v) is 8.95. The minimum absolute atomic E-state index is 0.344. The van der Waals surface area contributed by atoms with Gasteiger partial charge >= 0.3 is 23.9 Å². The van der Waals surface area contributed by atoms with E-state index in [9.17, 15) is 28.8 Å². The smallest absolute Gasteiger partial charge is 0.340 e. The average molecular weight is 689 g/mol. The van der Waals surface area contributed by atoms with Crippen molar-refractivity contribution in [2.24, 2.45) is 17.8 Å². The molecule has 2 aromatic carbocycles. The Morgan fingerprint density at radius 1 is 0.640 bits per heavy atom. The molecular formula is C36H36N2O12. The lowest BCUT2D eigenvalue weighted by molar-refractivity contribution is -0.160. The predicted octanol–water partition coefficient (Wildman–Crippen LogP) is 3.24. The number of fused-ring (bicyclic) bond motifs is 1. The Bertz CT molecular complexity index is 1820. The highest BCUT2D eigenvalue weighted by Crippen LogP contribution is 2.48. The number of esters is 4. The molecule has 2 N–H and O–H groups in total. The molecule has 0 saturated heterocycles. The van der Waals surface area contributed by atoms with Crippen LogP contribution in [-0.2, 0) is 57.2 Å². The Hall–Kier alpha value is -5.92. The van der Waals surface area contributed by atoms with E-state index in [4.69, 9.17) is 28.4 Å². The van der Waals surface area contributed by atoms with Gasteiger partial charge in [0, 0.05) is 11.4 Å². The number of ether oxygens (including phenoxy) is 6. The number of aryl methyl sites for hydroxylation is 4. The number of allylic oxidation sites excluding steroid dienone is 1. The van der Waals surface area contributed by atoms with Crippen LogP contribution in [0.25, 0.3) is 0 Å². The van der Waals surface area contributed by atoms with Crippen molar-refractivity contribution in [3.63, 3.8) is 0 Å². The molecule has 0 radical (unpaired) electrons. The van der Waals surface area contributed by atoms with Crippen molar-refractivity contribution in [3.05, 3.63) is 92.9 Å². The van der Waals surface area contributed by atoms with Crippen molar-refractivity contribution in [2.75, 3.05) is 39.1 Å². The molecule has 3 aliphatic rings. The van der Waals surface area contributed by atoms with Crippen molar-refractivity contribution < 1.29 is 57.2 Å². The highest BCUT2D eigenvalue weighted by atomic mass is 16.6. The van der Waals surface area contributed by atoms with Crippen molar-refractivity contribution in [2.45, 2.75) is 33.8 Å². The van der Waals surface area contributed by atoms with E-state index in [1.807, 2.05) is 6.07 Å². The second kappa shape index (κ2) is 13.9. The summed E-state index contributed by atoms with van der Waals surface area (Å²) in [4.78, 5) is 83.0. The quantitative estimate of drug-likeness (QED) is 0.305. The first-order valence-electron chi connectivity index (χ1n) is 15.4. The number of anilines is 2. The van der Waals surface area contributed by atoms with Crippen LogP contribution in [0.2, 0.25) is 0 Å². The summed E-state index contributed by atoms with van der Waals surface area (Å²) in [5.74, 6) is -12.8. The molecular weight excluding hydrogens is 652 g/mol. The first-order chi connectivity index (χ1) is 23.8. The molecule has 50 heavy (non-hydrogen) atoms. The second-order valence-corrected chi connectivity index (χ2v) is 11.8. The van der Waals surface area contributed by atoms with E-state index >= 15 is 0 Å². The van der Waals surface area contributed by atoms with Gasteiger partial charge in [0.15, 0.2) is 11.9 Å². The zero-order chi connectivity index (χ0) is 36.6. The van der Waals surface area contributed by atoms with Gasteiger partial charge in [-0.1, -0.05) is 36.4 Å². The molecule has 1 aliphatic carbocycles. The van der Waals surface area contributed by atoms with Gasteiger partial charge in [0.1, 0.15) is 23.0 Å². The zero-order valence-corrected chi connectivity index (χ0v) is 28.7. The van der Waals surface area contributed by atoms with Crippen LogP contribution in [0.4, 0.5) is 11.4 Å². The standard InChI is InChI=1S/C36H36N2O12/c1-15-11-9-12-16(2)25(15)37-31-23(35(43)47-7)19(33(41)45-5)21-28(40)30-22(27(39)29(21)49-31)20(34(42)46-6)24(36(44)48-8)32(50-30)38-26-17(3)13-10-14-18(26)4/h9-14,19-21,29,37-38H,1-8H3. The Morgan fingerprint density at radius 2 is 1.12 bits per heavy atom. The monoisotopic (exact) mass is 688 g/mol. The molecule has 0 saturated carbocycles. The minimum Gasteiger partial charge on any atom is -0.469 e. The summed E-state index contributed by atoms with van der Waals surface area (Å²) in [7, 11) is 4.26. The van der Waals surface area contributed by atoms with Crippen LogP contribution < -0.4 is 10.6 Å². The molecule has 5 rings (SSSR count). The number of nitrogens with one attached hydrogen (secondary N) is 2. The highest BCUT2D eigenvalue weighted by molar-refractivity contribution is 6.20. The van der Waals surface area contributed by atoms with E-state index in [0.717, 1.165) is 39.6 Å².